The van der Waals surface area contributed by atoms with Gasteiger partial charge in [0.15, 0.2) is 0 Å². The third-order valence-electron chi connectivity index (χ3n) is 4.99. The average Bonchev–Trinajstić information content (AvgIpc) is 2.84. The summed E-state index contributed by atoms with van der Waals surface area (Å²) in [4.78, 5) is 30.9. The van der Waals surface area contributed by atoms with Gasteiger partial charge in [-0.15, -0.1) is 11.8 Å². The van der Waals surface area contributed by atoms with Crippen LogP contribution >= 0.6 is 11.8 Å². The van der Waals surface area contributed by atoms with Gasteiger partial charge in [-0.05, 0) is 54.4 Å². The molecule has 0 aliphatic carbocycles. The number of pyridine rings is 1. The van der Waals surface area contributed by atoms with Crippen molar-refractivity contribution < 1.29 is 9.59 Å². The van der Waals surface area contributed by atoms with Gasteiger partial charge in [0.25, 0.3) is 5.91 Å². The van der Waals surface area contributed by atoms with E-state index in [0.717, 1.165) is 16.0 Å². The van der Waals surface area contributed by atoms with Crippen molar-refractivity contribution in [2.45, 2.75) is 17.1 Å². The van der Waals surface area contributed by atoms with Crippen LogP contribution in [0.15, 0.2) is 108 Å². The molecule has 33 heavy (non-hydrogen) atoms. The van der Waals surface area contributed by atoms with E-state index in [0.29, 0.717) is 17.1 Å². The normalized spacial score (nSPS) is 11.4. The van der Waals surface area contributed by atoms with Crippen molar-refractivity contribution in [1.29, 1.82) is 0 Å². The van der Waals surface area contributed by atoms with Crippen molar-refractivity contribution in [2.75, 3.05) is 10.6 Å². The highest BCUT2D eigenvalue weighted by Crippen LogP contribution is 2.37. The Balaban J connectivity index is 1.54. The molecule has 0 radical (unpaired) electrons. The predicted octanol–water partition coefficient (Wildman–Crippen LogP) is 6.11. The van der Waals surface area contributed by atoms with E-state index >= 15 is 0 Å². The van der Waals surface area contributed by atoms with Crippen LogP contribution in [0.4, 0.5) is 11.5 Å². The Morgan fingerprint density at radius 2 is 1.58 bits per heavy atom. The lowest BCUT2D eigenvalue weighted by atomic mass is 10.1. The summed E-state index contributed by atoms with van der Waals surface area (Å²) in [6.45, 7) is 1.91. The number of hydrogen-bond donors (Lipinski definition) is 2. The fraction of sp³-hybridized carbons (Fsp3) is 0.0741. The Hall–Kier alpha value is -3.90. The van der Waals surface area contributed by atoms with Gasteiger partial charge < -0.3 is 10.6 Å². The molecular weight excluding hydrogens is 430 g/mol. The zero-order valence-electron chi connectivity index (χ0n) is 18.1. The fourth-order valence-corrected chi connectivity index (χ4v) is 4.42. The lowest BCUT2D eigenvalue weighted by molar-refractivity contribution is -0.115. The summed E-state index contributed by atoms with van der Waals surface area (Å²) in [6.07, 6.45) is 1.64. The van der Waals surface area contributed by atoms with Gasteiger partial charge >= 0.3 is 0 Å². The van der Waals surface area contributed by atoms with Gasteiger partial charge in [0.2, 0.25) is 5.91 Å². The summed E-state index contributed by atoms with van der Waals surface area (Å²) in [7, 11) is 0. The van der Waals surface area contributed by atoms with Gasteiger partial charge in [0, 0.05) is 22.3 Å². The van der Waals surface area contributed by atoms with Gasteiger partial charge in [0.05, 0.1) is 0 Å². The van der Waals surface area contributed by atoms with Gasteiger partial charge in [-0.25, -0.2) is 4.98 Å². The monoisotopic (exact) mass is 453 g/mol. The molecule has 0 spiro atoms. The molecule has 4 aromatic rings. The number of anilines is 2. The maximum atomic E-state index is 13.2. The molecule has 0 saturated heterocycles. The topological polar surface area (TPSA) is 71.1 Å². The van der Waals surface area contributed by atoms with E-state index < -0.39 is 5.25 Å². The number of nitrogens with zero attached hydrogens (tertiary/aromatic N) is 1. The summed E-state index contributed by atoms with van der Waals surface area (Å²) in [5.74, 6) is 0.172. The van der Waals surface area contributed by atoms with Crippen LogP contribution in [0.25, 0.3) is 0 Å². The Kier molecular flexibility index (Phi) is 7.17. The molecule has 0 bridgehead atoms. The van der Waals surface area contributed by atoms with Crippen LogP contribution in [0.1, 0.15) is 26.7 Å². The number of thioether (sulfide) groups is 1. The molecule has 2 amide bonds. The van der Waals surface area contributed by atoms with E-state index in [-0.39, 0.29) is 11.8 Å². The number of rotatable bonds is 7. The Labute approximate surface area is 197 Å². The Bertz CT molecular complexity index is 1250. The predicted molar refractivity (Wildman–Crippen MR) is 133 cm³/mol. The highest BCUT2D eigenvalue weighted by Gasteiger charge is 2.23. The largest absolute Gasteiger partial charge is 0.322 e. The van der Waals surface area contributed by atoms with Crippen molar-refractivity contribution in [2.24, 2.45) is 0 Å². The fourth-order valence-electron chi connectivity index (χ4n) is 3.34. The highest BCUT2D eigenvalue weighted by atomic mass is 32.2. The van der Waals surface area contributed by atoms with Crippen LogP contribution in [0, 0.1) is 6.92 Å². The quantitative estimate of drug-likeness (QED) is 0.331. The maximum absolute atomic E-state index is 13.2. The molecule has 0 saturated carbocycles. The Morgan fingerprint density at radius 3 is 2.33 bits per heavy atom. The van der Waals surface area contributed by atoms with Crippen molar-refractivity contribution >= 4 is 35.1 Å². The zero-order valence-corrected chi connectivity index (χ0v) is 18.9. The maximum Gasteiger partial charge on any atom is 0.255 e. The number of hydrogen-bond acceptors (Lipinski definition) is 4. The van der Waals surface area contributed by atoms with Crippen LogP contribution in [0.5, 0.6) is 0 Å². The van der Waals surface area contributed by atoms with E-state index in [1.807, 2.05) is 85.8 Å². The summed E-state index contributed by atoms with van der Waals surface area (Å²) in [5.41, 5.74) is 3.10. The van der Waals surface area contributed by atoms with E-state index in [2.05, 4.69) is 15.6 Å². The minimum Gasteiger partial charge on any atom is -0.322 e. The van der Waals surface area contributed by atoms with Gasteiger partial charge in [-0.2, -0.15) is 0 Å². The molecule has 5 nitrogen and oxygen atoms in total. The second kappa shape index (κ2) is 10.6. The molecule has 0 aliphatic rings. The minimum absolute atomic E-state index is 0.164. The Morgan fingerprint density at radius 1 is 0.818 bits per heavy atom. The van der Waals surface area contributed by atoms with Gasteiger partial charge in [0.1, 0.15) is 11.1 Å². The smallest absolute Gasteiger partial charge is 0.255 e. The first-order valence-corrected chi connectivity index (χ1v) is 11.4. The van der Waals surface area contributed by atoms with Crippen molar-refractivity contribution in [3.63, 3.8) is 0 Å². The standard InChI is InChI=1S/C27H23N3O2S/c1-19-10-5-6-15-23(19)26(31)29-21-13-9-14-22(18-21)33-25(20-11-3-2-4-12-20)27(32)30-24-16-7-8-17-28-24/h2-18,25H,1H3,(H,29,31)(H,28,30,32). The average molecular weight is 454 g/mol. The lowest BCUT2D eigenvalue weighted by Crippen LogP contribution is -2.19. The van der Waals surface area contributed by atoms with Crippen LogP contribution in [0.3, 0.4) is 0 Å². The van der Waals surface area contributed by atoms with Crippen LogP contribution in [-0.2, 0) is 4.79 Å². The molecule has 1 heterocycles. The zero-order chi connectivity index (χ0) is 23.0. The molecule has 0 fully saturated rings. The van der Waals surface area contributed by atoms with Gasteiger partial charge in [-0.1, -0.05) is 60.7 Å². The molecule has 0 aliphatic heterocycles. The number of nitrogens with one attached hydrogen (secondary N) is 2. The molecule has 2 N–H and O–H groups in total. The number of benzene rings is 3. The van der Waals surface area contributed by atoms with Crippen LogP contribution < -0.4 is 10.6 Å². The first-order chi connectivity index (χ1) is 16.1. The number of aryl methyl sites for hydroxylation is 1. The van der Waals surface area contributed by atoms with E-state index in [1.54, 1.807) is 24.4 Å². The number of aromatic nitrogens is 1. The van der Waals surface area contributed by atoms with Crippen LogP contribution in [0.2, 0.25) is 0 Å². The lowest BCUT2D eigenvalue weighted by Gasteiger charge is -2.17. The first kappa shape index (κ1) is 22.3. The van der Waals surface area contributed by atoms with Gasteiger partial charge in [-0.3, -0.25) is 9.59 Å². The van der Waals surface area contributed by atoms with E-state index in [9.17, 15) is 9.59 Å². The van der Waals surface area contributed by atoms with Crippen molar-refractivity contribution in [3.8, 4) is 0 Å². The summed E-state index contributed by atoms with van der Waals surface area (Å²) in [5, 5.41) is 5.36. The van der Waals surface area contributed by atoms with Crippen LogP contribution in [-0.4, -0.2) is 16.8 Å². The molecule has 1 unspecified atom stereocenters. The number of carbonyl (C=O) groups excluding carboxylic acids is 2. The third-order valence-corrected chi connectivity index (χ3v) is 6.24. The molecule has 164 valence electrons. The molecule has 6 heteroatoms. The molecule has 1 aromatic heterocycles. The number of amides is 2. The molecule has 4 rings (SSSR count). The second-order valence-corrected chi connectivity index (χ2v) is 8.59. The third kappa shape index (κ3) is 5.87. The highest BCUT2D eigenvalue weighted by molar-refractivity contribution is 8.00. The number of carbonyl (C=O) groups is 2. The van der Waals surface area contributed by atoms with E-state index in [4.69, 9.17) is 0 Å². The van der Waals surface area contributed by atoms with Crippen molar-refractivity contribution in [3.05, 3.63) is 120 Å². The summed E-state index contributed by atoms with van der Waals surface area (Å²) in [6, 6.07) is 30.0. The molecule has 3 aromatic carbocycles. The van der Waals surface area contributed by atoms with E-state index in [1.165, 1.54) is 11.8 Å². The molecule has 1 atom stereocenters. The second-order valence-electron chi connectivity index (χ2n) is 7.41. The SMILES string of the molecule is Cc1ccccc1C(=O)Nc1cccc(SC(C(=O)Nc2ccccn2)c2ccccc2)c1. The first-order valence-electron chi connectivity index (χ1n) is 10.5. The molecular formula is C27H23N3O2S. The summed E-state index contributed by atoms with van der Waals surface area (Å²) < 4.78 is 0. The summed E-state index contributed by atoms with van der Waals surface area (Å²) >= 11 is 1.42. The van der Waals surface area contributed by atoms with Crippen molar-refractivity contribution in [1.82, 2.24) is 4.98 Å². The minimum atomic E-state index is -0.490.